The van der Waals surface area contributed by atoms with Gasteiger partial charge in [0.05, 0.1) is 22.4 Å². The van der Waals surface area contributed by atoms with E-state index in [2.05, 4.69) is 50.2 Å². The molecule has 2 aliphatic heterocycles. The third-order valence-corrected chi connectivity index (χ3v) is 6.99. The molecule has 1 aromatic carbocycles. The molecule has 3 aromatic rings. The molecule has 5 nitrogen and oxygen atoms in total. The Bertz CT molecular complexity index is 1050. The van der Waals surface area contributed by atoms with Crippen molar-refractivity contribution in [3.8, 4) is 0 Å². The van der Waals surface area contributed by atoms with Gasteiger partial charge in [0.1, 0.15) is 6.04 Å². The molecule has 2 atom stereocenters. The van der Waals surface area contributed by atoms with Crippen molar-refractivity contribution in [2.75, 3.05) is 22.9 Å². The number of benzene rings is 1. The van der Waals surface area contributed by atoms with Crippen LogP contribution in [0.2, 0.25) is 5.02 Å². The van der Waals surface area contributed by atoms with E-state index in [1.807, 2.05) is 42.7 Å². The summed E-state index contributed by atoms with van der Waals surface area (Å²) in [5.74, 6) is 0.785. The van der Waals surface area contributed by atoms with Crippen LogP contribution in [0.5, 0.6) is 0 Å². The predicted octanol–water partition coefficient (Wildman–Crippen LogP) is 5.48. The first-order valence-corrected chi connectivity index (χ1v) is 11.6. The molecule has 0 saturated carbocycles. The van der Waals surface area contributed by atoms with E-state index in [0.717, 1.165) is 46.8 Å². The first-order valence-electron chi connectivity index (χ1n) is 10.8. The van der Waals surface area contributed by atoms with Gasteiger partial charge in [0.2, 0.25) is 0 Å². The molecule has 2 fully saturated rings. The maximum atomic E-state index is 6.80. The zero-order valence-electron chi connectivity index (χ0n) is 17.5. The molecule has 2 saturated heterocycles. The maximum Gasteiger partial charge on any atom is 0.174 e. The number of hydrogen-bond donors (Lipinski definition) is 2. The number of hydrogen-bond acceptors (Lipinski definition) is 3. The number of aromatic amines is 1. The molecule has 0 spiro atoms. The zero-order valence-corrected chi connectivity index (χ0v) is 19.0. The van der Waals surface area contributed by atoms with E-state index in [1.165, 1.54) is 12.8 Å². The topological polar surface area (TPSA) is 47.2 Å². The first-order chi connectivity index (χ1) is 15.1. The van der Waals surface area contributed by atoms with Gasteiger partial charge in [0.25, 0.3) is 0 Å². The van der Waals surface area contributed by atoms with Gasteiger partial charge in [-0.3, -0.25) is 4.98 Å². The second-order valence-electron chi connectivity index (χ2n) is 8.43. The summed E-state index contributed by atoms with van der Waals surface area (Å²) in [5, 5.41) is 4.92. The molecule has 0 aliphatic carbocycles. The minimum Gasteiger partial charge on any atom is -0.370 e. The quantitative estimate of drug-likeness (QED) is 0.514. The van der Waals surface area contributed by atoms with Crippen LogP contribution in [-0.4, -0.2) is 28.2 Å². The van der Waals surface area contributed by atoms with Crippen LogP contribution in [0, 0.1) is 5.92 Å². The Morgan fingerprint density at radius 3 is 2.61 bits per heavy atom. The number of nitrogens with one attached hydrogen (secondary N) is 2. The standard InChI is InChI=1S/C24H26ClN5S/c1-16-9-13-29(14-10-16)21-8-7-17(15-18(21)25)30-23(20-6-4-12-27-20)22(28-24(30)31)19-5-2-3-11-26-19/h2-8,11-12,15-16,22-23,27H,9-10,13-14H2,1H3,(H,28,31)/t22-,23+/m0/s1. The van der Waals surface area contributed by atoms with Crippen LogP contribution in [0.1, 0.15) is 43.2 Å². The van der Waals surface area contributed by atoms with Crippen molar-refractivity contribution in [1.29, 1.82) is 0 Å². The summed E-state index contributed by atoms with van der Waals surface area (Å²) in [6.45, 7) is 4.43. The predicted molar refractivity (Wildman–Crippen MR) is 131 cm³/mol. The fraction of sp³-hybridized carbons (Fsp3) is 0.333. The molecule has 2 aliphatic rings. The molecule has 0 unspecified atom stereocenters. The summed E-state index contributed by atoms with van der Waals surface area (Å²) in [5.41, 5.74) is 4.12. The van der Waals surface area contributed by atoms with Crippen LogP contribution >= 0.6 is 23.8 Å². The number of anilines is 2. The third kappa shape index (κ3) is 3.90. The number of nitrogens with zero attached hydrogens (tertiary/aromatic N) is 3. The first kappa shape index (κ1) is 20.3. The lowest BCUT2D eigenvalue weighted by molar-refractivity contribution is 0.438. The van der Waals surface area contributed by atoms with Gasteiger partial charge in [-0.15, -0.1) is 0 Å². The van der Waals surface area contributed by atoms with Crippen LogP contribution in [-0.2, 0) is 0 Å². The lowest BCUT2D eigenvalue weighted by atomic mass is 9.98. The summed E-state index contributed by atoms with van der Waals surface area (Å²) in [6, 6.07) is 16.3. The average Bonchev–Trinajstić information content (AvgIpc) is 3.43. The van der Waals surface area contributed by atoms with Crippen molar-refractivity contribution >= 4 is 40.3 Å². The van der Waals surface area contributed by atoms with Gasteiger partial charge in [-0.2, -0.15) is 0 Å². The van der Waals surface area contributed by atoms with Gasteiger partial charge < -0.3 is 20.1 Å². The largest absolute Gasteiger partial charge is 0.370 e. The van der Waals surface area contributed by atoms with Crippen molar-refractivity contribution in [1.82, 2.24) is 15.3 Å². The van der Waals surface area contributed by atoms with E-state index < -0.39 is 0 Å². The highest BCUT2D eigenvalue weighted by Crippen LogP contribution is 2.42. The van der Waals surface area contributed by atoms with Crippen molar-refractivity contribution in [3.05, 3.63) is 77.3 Å². The Hall–Kier alpha value is -2.57. The van der Waals surface area contributed by atoms with E-state index in [4.69, 9.17) is 23.8 Å². The van der Waals surface area contributed by atoms with E-state index >= 15 is 0 Å². The molecule has 4 heterocycles. The smallest absolute Gasteiger partial charge is 0.174 e. The number of aromatic nitrogens is 2. The molecule has 31 heavy (non-hydrogen) atoms. The van der Waals surface area contributed by atoms with Gasteiger partial charge in [-0.1, -0.05) is 24.6 Å². The molecule has 0 amide bonds. The van der Waals surface area contributed by atoms with Crippen molar-refractivity contribution < 1.29 is 0 Å². The van der Waals surface area contributed by atoms with E-state index in [1.54, 1.807) is 0 Å². The maximum absolute atomic E-state index is 6.80. The van der Waals surface area contributed by atoms with Gasteiger partial charge >= 0.3 is 0 Å². The fourth-order valence-corrected chi connectivity index (χ4v) is 5.27. The van der Waals surface area contributed by atoms with E-state index in [9.17, 15) is 0 Å². The highest BCUT2D eigenvalue weighted by Gasteiger charge is 2.41. The second kappa shape index (κ2) is 8.52. The van der Waals surface area contributed by atoms with Crippen LogP contribution in [0.4, 0.5) is 11.4 Å². The van der Waals surface area contributed by atoms with Crippen LogP contribution < -0.4 is 15.1 Å². The molecule has 2 N–H and O–H groups in total. The van der Waals surface area contributed by atoms with Gasteiger partial charge in [-0.05, 0) is 73.4 Å². The Morgan fingerprint density at radius 2 is 1.94 bits per heavy atom. The summed E-state index contributed by atoms with van der Waals surface area (Å²) in [6.07, 6.45) is 6.18. The summed E-state index contributed by atoms with van der Waals surface area (Å²) < 4.78 is 0. The summed E-state index contributed by atoms with van der Waals surface area (Å²) in [7, 11) is 0. The van der Waals surface area contributed by atoms with E-state index in [0.29, 0.717) is 5.11 Å². The lowest BCUT2D eigenvalue weighted by Gasteiger charge is -2.33. The average molecular weight is 452 g/mol. The minimum absolute atomic E-state index is 0.0462. The zero-order chi connectivity index (χ0) is 21.4. The third-order valence-electron chi connectivity index (χ3n) is 6.37. The molecular formula is C24H26ClN5S. The SMILES string of the molecule is CC1CCN(c2ccc(N3C(=S)N[C@@H](c4ccccn4)[C@H]3c3ccc[nH]3)cc2Cl)CC1. The number of thiocarbonyl (C=S) groups is 1. The van der Waals surface area contributed by atoms with Gasteiger partial charge in [-0.25, -0.2) is 0 Å². The summed E-state index contributed by atoms with van der Waals surface area (Å²) >= 11 is 12.6. The molecule has 2 aromatic heterocycles. The fourth-order valence-electron chi connectivity index (χ4n) is 4.63. The number of pyridine rings is 1. The highest BCUT2D eigenvalue weighted by atomic mass is 35.5. The Morgan fingerprint density at radius 1 is 1.10 bits per heavy atom. The monoisotopic (exact) mass is 451 g/mol. The van der Waals surface area contributed by atoms with Crippen molar-refractivity contribution in [3.63, 3.8) is 0 Å². The van der Waals surface area contributed by atoms with Crippen LogP contribution in [0.25, 0.3) is 0 Å². The highest BCUT2D eigenvalue weighted by molar-refractivity contribution is 7.80. The molecular weight excluding hydrogens is 426 g/mol. The molecule has 0 bridgehead atoms. The van der Waals surface area contributed by atoms with Gasteiger partial charge in [0.15, 0.2) is 5.11 Å². The summed E-state index contributed by atoms with van der Waals surface area (Å²) in [4.78, 5) is 12.5. The number of rotatable bonds is 4. The number of piperidine rings is 1. The normalized spacial score (nSPS) is 22.1. The van der Waals surface area contributed by atoms with Crippen LogP contribution in [0.3, 0.4) is 0 Å². The second-order valence-corrected chi connectivity index (χ2v) is 9.22. The Balaban J connectivity index is 1.49. The Labute approximate surface area is 193 Å². The Kier molecular flexibility index (Phi) is 5.59. The van der Waals surface area contributed by atoms with Crippen molar-refractivity contribution in [2.45, 2.75) is 31.8 Å². The minimum atomic E-state index is -0.0608. The molecule has 5 rings (SSSR count). The molecule has 160 valence electrons. The van der Waals surface area contributed by atoms with Gasteiger partial charge in [0, 0.05) is 36.9 Å². The van der Waals surface area contributed by atoms with Crippen molar-refractivity contribution in [2.24, 2.45) is 5.92 Å². The molecule has 7 heteroatoms. The van der Waals surface area contributed by atoms with Crippen LogP contribution in [0.15, 0.2) is 60.9 Å². The lowest BCUT2D eigenvalue weighted by Crippen LogP contribution is -2.33. The number of H-pyrrole nitrogens is 1. The van der Waals surface area contributed by atoms with E-state index in [-0.39, 0.29) is 12.1 Å². The molecule has 0 radical (unpaired) electrons. The number of halogens is 1.